The van der Waals surface area contributed by atoms with E-state index in [-0.39, 0.29) is 9.14 Å². The summed E-state index contributed by atoms with van der Waals surface area (Å²) in [6.07, 6.45) is 0.710. The average molecular weight is 443 g/mol. The molecule has 0 unspecified atom stereocenters. The molecule has 0 aromatic heterocycles. The summed E-state index contributed by atoms with van der Waals surface area (Å²) in [7, 11) is 0. The molecule has 7 heteroatoms. The van der Waals surface area contributed by atoms with Crippen molar-refractivity contribution >= 4 is 66.7 Å². The van der Waals surface area contributed by atoms with Gasteiger partial charge >= 0.3 is 0 Å². The summed E-state index contributed by atoms with van der Waals surface area (Å²) in [5.41, 5.74) is 3.44. The number of alkyl halides is 2. The third-order valence-electron chi connectivity index (χ3n) is 3.41. The lowest BCUT2D eigenvalue weighted by Gasteiger charge is -2.11. The molecule has 0 heterocycles. The third kappa shape index (κ3) is 3.06. The largest absolute Gasteiger partial charge is 0.272 e. The van der Waals surface area contributed by atoms with Crippen molar-refractivity contribution in [1.82, 2.24) is 5.43 Å². The molecule has 1 aliphatic rings. The first kappa shape index (κ1) is 16.3. The predicted octanol–water partition coefficient (Wildman–Crippen LogP) is 4.73. The van der Waals surface area contributed by atoms with Crippen LogP contribution in [0.25, 0.3) is 0 Å². The molecule has 0 bridgehead atoms. The molecule has 0 saturated heterocycles. The van der Waals surface area contributed by atoms with E-state index in [0.29, 0.717) is 22.2 Å². The maximum Gasteiger partial charge on any atom is 0.248 e. The third-order valence-corrected chi connectivity index (χ3v) is 6.26. The lowest BCUT2D eigenvalue weighted by molar-refractivity contribution is -0.125. The number of amides is 1. The Morgan fingerprint density at radius 3 is 2.50 bits per heavy atom. The van der Waals surface area contributed by atoms with E-state index in [1.54, 1.807) is 25.1 Å². The van der Waals surface area contributed by atoms with Gasteiger partial charge in [0.2, 0.25) is 5.91 Å². The van der Waals surface area contributed by atoms with Crippen LogP contribution < -0.4 is 5.43 Å². The van der Waals surface area contributed by atoms with Crippen LogP contribution in [0.3, 0.4) is 0 Å². The predicted molar refractivity (Wildman–Crippen MR) is 90.1 cm³/mol. The molecule has 3 nitrogen and oxygen atoms in total. The Morgan fingerprint density at radius 1 is 1.40 bits per heavy atom. The van der Waals surface area contributed by atoms with Crippen LogP contribution in [0.5, 0.6) is 0 Å². The normalized spacial score (nSPS) is 24.4. The average Bonchev–Trinajstić information content (AvgIpc) is 2.86. The summed E-state index contributed by atoms with van der Waals surface area (Å²) in [6, 6.07) is 5.14. The van der Waals surface area contributed by atoms with Crippen LogP contribution in [0.2, 0.25) is 10.0 Å². The minimum Gasteiger partial charge on any atom is -0.272 e. The van der Waals surface area contributed by atoms with Gasteiger partial charge in [-0.3, -0.25) is 4.79 Å². The minimum atomic E-state index is -0.499. The minimum absolute atomic E-state index is 0.143. The van der Waals surface area contributed by atoms with Gasteiger partial charge in [0.1, 0.15) is 0 Å². The monoisotopic (exact) mass is 440 g/mol. The maximum absolute atomic E-state index is 12.1. The summed E-state index contributed by atoms with van der Waals surface area (Å²) in [5, 5.41) is 5.17. The standard InChI is InChI=1S/C13H12Br2Cl2N2O/c1-7(9-4-3-8(16)5-10(9)17)18-19-11(20)12(2)6-13(12,14)15/h3-5H,6H2,1-2H3,(H,19,20)/b18-7-/t12-/m1/s1. The second kappa shape index (κ2) is 5.59. The van der Waals surface area contributed by atoms with Gasteiger partial charge in [-0.2, -0.15) is 5.10 Å². The zero-order chi connectivity index (χ0) is 15.1. The van der Waals surface area contributed by atoms with Crippen molar-refractivity contribution in [1.29, 1.82) is 0 Å². The van der Waals surface area contributed by atoms with Gasteiger partial charge in [-0.05, 0) is 32.4 Å². The second-order valence-corrected chi connectivity index (χ2v) is 9.59. The molecule has 1 amide bonds. The number of hydrazone groups is 1. The quantitative estimate of drug-likeness (QED) is 0.410. The molecule has 1 saturated carbocycles. The molecular weight excluding hydrogens is 431 g/mol. The second-order valence-electron chi connectivity index (χ2n) is 4.98. The van der Waals surface area contributed by atoms with E-state index in [2.05, 4.69) is 42.4 Å². The highest BCUT2D eigenvalue weighted by Gasteiger charge is 2.66. The summed E-state index contributed by atoms with van der Waals surface area (Å²) in [5.74, 6) is -0.143. The first-order chi connectivity index (χ1) is 9.17. The highest BCUT2D eigenvalue weighted by molar-refractivity contribution is 9.25. The van der Waals surface area contributed by atoms with E-state index in [9.17, 15) is 4.79 Å². The highest BCUT2D eigenvalue weighted by Crippen LogP contribution is 2.66. The number of benzene rings is 1. The van der Waals surface area contributed by atoms with Gasteiger partial charge in [0.05, 0.1) is 19.4 Å². The maximum atomic E-state index is 12.1. The molecule has 108 valence electrons. The van der Waals surface area contributed by atoms with Gasteiger partial charge in [0, 0.05) is 10.6 Å². The number of halogens is 4. The zero-order valence-corrected chi connectivity index (χ0v) is 15.5. The van der Waals surface area contributed by atoms with Crippen LogP contribution in [0.4, 0.5) is 0 Å². The van der Waals surface area contributed by atoms with Crippen LogP contribution in [0.15, 0.2) is 23.3 Å². The van der Waals surface area contributed by atoms with Gasteiger partial charge in [0.15, 0.2) is 0 Å². The zero-order valence-electron chi connectivity index (χ0n) is 10.8. The highest BCUT2D eigenvalue weighted by atomic mass is 79.9. The smallest absolute Gasteiger partial charge is 0.248 e. The lowest BCUT2D eigenvalue weighted by atomic mass is 10.1. The molecule has 0 radical (unpaired) electrons. The number of nitrogens with zero attached hydrogens (tertiary/aromatic N) is 1. The number of rotatable bonds is 3. The van der Waals surface area contributed by atoms with Crippen molar-refractivity contribution in [2.24, 2.45) is 10.5 Å². The van der Waals surface area contributed by atoms with Crippen molar-refractivity contribution in [3.8, 4) is 0 Å². The topological polar surface area (TPSA) is 41.5 Å². The number of carbonyl (C=O) groups excluding carboxylic acids is 1. The van der Waals surface area contributed by atoms with Crippen LogP contribution in [0.1, 0.15) is 25.8 Å². The van der Waals surface area contributed by atoms with Crippen molar-refractivity contribution in [2.75, 3.05) is 0 Å². The molecule has 1 aromatic rings. The molecule has 1 N–H and O–H groups in total. The Balaban J connectivity index is 2.10. The van der Waals surface area contributed by atoms with E-state index in [0.717, 1.165) is 5.56 Å². The fraction of sp³-hybridized carbons (Fsp3) is 0.385. The molecule has 0 spiro atoms. The van der Waals surface area contributed by atoms with Crippen LogP contribution >= 0.6 is 55.1 Å². The van der Waals surface area contributed by atoms with Crippen molar-refractivity contribution < 1.29 is 4.79 Å². The molecule has 0 aliphatic heterocycles. The Hall–Kier alpha value is -0.100. The fourth-order valence-corrected chi connectivity index (χ4v) is 3.77. The summed E-state index contributed by atoms with van der Waals surface area (Å²) >= 11 is 18.8. The van der Waals surface area contributed by atoms with Gasteiger partial charge in [-0.25, -0.2) is 5.43 Å². The van der Waals surface area contributed by atoms with E-state index < -0.39 is 5.41 Å². The molecule has 1 aromatic carbocycles. The van der Waals surface area contributed by atoms with Crippen LogP contribution in [-0.2, 0) is 4.79 Å². The lowest BCUT2D eigenvalue weighted by Crippen LogP contribution is -2.30. The van der Waals surface area contributed by atoms with Gasteiger partial charge in [-0.1, -0.05) is 61.1 Å². The van der Waals surface area contributed by atoms with Gasteiger partial charge in [0.25, 0.3) is 0 Å². The first-order valence-electron chi connectivity index (χ1n) is 5.85. The molecule has 1 atom stereocenters. The van der Waals surface area contributed by atoms with E-state index in [4.69, 9.17) is 23.2 Å². The summed E-state index contributed by atoms with van der Waals surface area (Å²) in [6.45, 7) is 3.64. The fourth-order valence-electron chi connectivity index (χ4n) is 1.75. The van der Waals surface area contributed by atoms with E-state index >= 15 is 0 Å². The Bertz CT molecular complexity index is 604. The number of carbonyl (C=O) groups is 1. The molecule has 1 fully saturated rings. The Morgan fingerprint density at radius 2 is 2.00 bits per heavy atom. The van der Waals surface area contributed by atoms with Crippen LogP contribution in [0, 0.1) is 5.41 Å². The molecule has 20 heavy (non-hydrogen) atoms. The Labute approximate surface area is 144 Å². The van der Waals surface area contributed by atoms with Gasteiger partial charge < -0.3 is 0 Å². The van der Waals surface area contributed by atoms with Crippen molar-refractivity contribution in [3.05, 3.63) is 33.8 Å². The first-order valence-corrected chi connectivity index (χ1v) is 8.19. The van der Waals surface area contributed by atoms with E-state index in [1.165, 1.54) is 0 Å². The summed E-state index contributed by atoms with van der Waals surface area (Å²) in [4.78, 5) is 12.1. The molecular formula is C13H12Br2Cl2N2O. The SMILES string of the molecule is C/C(=N/NC(=O)[C@@]1(C)CC1(Br)Br)c1ccc(Cl)cc1Cl. The Kier molecular flexibility index (Phi) is 4.55. The van der Waals surface area contributed by atoms with Crippen molar-refractivity contribution in [3.63, 3.8) is 0 Å². The van der Waals surface area contributed by atoms with Gasteiger partial charge in [-0.15, -0.1) is 0 Å². The van der Waals surface area contributed by atoms with Crippen molar-refractivity contribution in [2.45, 2.75) is 23.5 Å². The number of hydrogen-bond donors (Lipinski definition) is 1. The van der Waals surface area contributed by atoms with Crippen LogP contribution in [-0.4, -0.2) is 14.9 Å². The number of nitrogens with one attached hydrogen (secondary N) is 1. The van der Waals surface area contributed by atoms with E-state index in [1.807, 2.05) is 6.92 Å². The summed E-state index contributed by atoms with van der Waals surface area (Å²) < 4.78 is -0.335. The molecule has 1 aliphatic carbocycles. The number of hydrogen-bond acceptors (Lipinski definition) is 2. The molecule has 2 rings (SSSR count).